The van der Waals surface area contributed by atoms with Crippen molar-refractivity contribution in [3.63, 3.8) is 0 Å². The minimum absolute atomic E-state index is 0.305. The number of carbonyl (C=O) groups is 1. The topological polar surface area (TPSA) is 83.3 Å². The molecule has 156 valence electrons. The molecule has 0 fully saturated rings. The van der Waals surface area contributed by atoms with Crippen LogP contribution in [-0.2, 0) is 16.1 Å². The Balaban J connectivity index is 2.02. The molecule has 0 aliphatic rings. The second kappa shape index (κ2) is 8.30. The van der Waals surface area contributed by atoms with E-state index < -0.39 is 11.7 Å². The molecule has 1 aromatic carbocycles. The van der Waals surface area contributed by atoms with E-state index >= 15 is 0 Å². The molecule has 0 bridgehead atoms. The van der Waals surface area contributed by atoms with Gasteiger partial charge < -0.3 is 18.9 Å². The zero-order valence-electron chi connectivity index (χ0n) is 17.4. The van der Waals surface area contributed by atoms with Gasteiger partial charge >= 0.3 is 6.09 Å². The van der Waals surface area contributed by atoms with Gasteiger partial charge in [0.2, 0.25) is 0 Å². The normalized spacial score (nSPS) is 11.5. The Morgan fingerprint density at radius 2 is 1.97 bits per heavy atom. The molecule has 1 N–H and O–H groups in total. The van der Waals surface area contributed by atoms with E-state index in [-0.39, 0.29) is 0 Å². The van der Waals surface area contributed by atoms with E-state index in [1.807, 2.05) is 23.6 Å². The molecule has 0 aliphatic carbocycles. The maximum atomic E-state index is 12.3. The number of thiazole rings is 1. The van der Waals surface area contributed by atoms with Crippen molar-refractivity contribution in [2.45, 2.75) is 33.0 Å². The van der Waals surface area contributed by atoms with Crippen molar-refractivity contribution in [1.82, 2.24) is 9.61 Å². The monoisotopic (exact) mass is 419 g/mol. The minimum Gasteiger partial charge on any atom is -0.496 e. The fourth-order valence-corrected chi connectivity index (χ4v) is 3.80. The van der Waals surface area contributed by atoms with E-state index in [0.29, 0.717) is 23.9 Å². The molecule has 0 radical (unpaired) electrons. The van der Waals surface area contributed by atoms with E-state index in [0.717, 1.165) is 21.7 Å². The molecule has 8 nitrogen and oxygen atoms in total. The molecule has 0 saturated carbocycles. The Hall–Kier alpha value is -2.78. The number of benzene rings is 1. The maximum absolute atomic E-state index is 12.3. The summed E-state index contributed by atoms with van der Waals surface area (Å²) in [5, 5.41) is 9.21. The largest absolute Gasteiger partial charge is 0.496 e. The predicted octanol–water partition coefficient (Wildman–Crippen LogP) is 4.57. The molecular formula is C20H25N3O5S. The number of methoxy groups -OCH3 is 3. The predicted molar refractivity (Wildman–Crippen MR) is 112 cm³/mol. The lowest BCUT2D eigenvalue weighted by Crippen LogP contribution is -2.27. The lowest BCUT2D eigenvalue weighted by atomic mass is 10.1. The number of rotatable bonds is 6. The number of aromatic nitrogens is 2. The second-order valence-electron chi connectivity index (χ2n) is 7.32. The van der Waals surface area contributed by atoms with Gasteiger partial charge in [0.25, 0.3) is 5.88 Å². The minimum atomic E-state index is -0.610. The summed E-state index contributed by atoms with van der Waals surface area (Å²) < 4.78 is 23.2. The molecule has 1 amide bonds. The summed E-state index contributed by atoms with van der Waals surface area (Å²) in [6, 6.07) is 5.87. The van der Waals surface area contributed by atoms with E-state index in [1.165, 1.54) is 18.4 Å². The van der Waals surface area contributed by atoms with Gasteiger partial charge in [-0.05, 0) is 38.5 Å². The van der Waals surface area contributed by atoms with Gasteiger partial charge in [-0.2, -0.15) is 0 Å². The van der Waals surface area contributed by atoms with Crippen LogP contribution in [0.4, 0.5) is 10.5 Å². The molecule has 0 spiro atoms. The first-order chi connectivity index (χ1) is 13.8. The first-order valence-corrected chi connectivity index (χ1v) is 9.85. The van der Waals surface area contributed by atoms with Gasteiger partial charge in [-0.1, -0.05) is 6.07 Å². The van der Waals surface area contributed by atoms with Crippen LogP contribution in [0.15, 0.2) is 23.6 Å². The van der Waals surface area contributed by atoms with Crippen LogP contribution in [0.1, 0.15) is 26.3 Å². The number of ether oxygens (including phenoxy) is 4. The van der Waals surface area contributed by atoms with Crippen LogP contribution in [0, 0.1) is 0 Å². The SMILES string of the molecule is COCc1ccc(-c2csc3c(NC(=O)OC(C)(C)C)c(OC)nn23)c(OC)c1. The summed E-state index contributed by atoms with van der Waals surface area (Å²) >= 11 is 1.44. The summed E-state index contributed by atoms with van der Waals surface area (Å²) in [6.45, 7) is 5.91. The number of hydrogen-bond donors (Lipinski definition) is 1. The summed E-state index contributed by atoms with van der Waals surface area (Å²) in [5.41, 5.74) is 2.55. The Morgan fingerprint density at radius 1 is 1.21 bits per heavy atom. The van der Waals surface area contributed by atoms with Crippen molar-refractivity contribution in [3.05, 3.63) is 29.1 Å². The van der Waals surface area contributed by atoms with E-state index in [4.69, 9.17) is 18.9 Å². The van der Waals surface area contributed by atoms with Crippen molar-refractivity contribution >= 4 is 27.9 Å². The van der Waals surface area contributed by atoms with Gasteiger partial charge in [0.15, 0.2) is 0 Å². The molecular weight excluding hydrogens is 394 g/mol. The molecule has 2 aromatic heterocycles. The zero-order valence-corrected chi connectivity index (χ0v) is 18.2. The molecule has 29 heavy (non-hydrogen) atoms. The third kappa shape index (κ3) is 4.46. The van der Waals surface area contributed by atoms with Crippen molar-refractivity contribution < 1.29 is 23.7 Å². The Labute approximate surface area is 173 Å². The van der Waals surface area contributed by atoms with Crippen LogP contribution in [0.5, 0.6) is 11.6 Å². The quantitative estimate of drug-likeness (QED) is 0.630. The van der Waals surface area contributed by atoms with Gasteiger partial charge in [0.05, 0.1) is 26.5 Å². The van der Waals surface area contributed by atoms with Crippen molar-refractivity contribution in [2.75, 3.05) is 26.6 Å². The molecule has 0 aliphatic heterocycles. The number of fused-ring (bicyclic) bond motifs is 1. The summed E-state index contributed by atoms with van der Waals surface area (Å²) in [7, 11) is 4.78. The fraction of sp³-hybridized carbons (Fsp3) is 0.400. The van der Waals surface area contributed by atoms with Crippen molar-refractivity contribution in [2.24, 2.45) is 0 Å². The molecule has 2 heterocycles. The smallest absolute Gasteiger partial charge is 0.412 e. The highest BCUT2D eigenvalue weighted by Crippen LogP contribution is 2.39. The molecule has 0 unspecified atom stereocenters. The third-order valence-electron chi connectivity index (χ3n) is 3.99. The van der Waals surface area contributed by atoms with Crippen LogP contribution in [0.3, 0.4) is 0 Å². The number of nitrogens with one attached hydrogen (secondary N) is 1. The number of nitrogens with zero attached hydrogens (tertiary/aromatic N) is 2. The maximum Gasteiger partial charge on any atom is 0.412 e. The van der Waals surface area contributed by atoms with Crippen molar-refractivity contribution in [3.8, 4) is 22.9 Å². The zero-order chi connectivity index (χ0) is 21.2. The Morgan fingerprint density at radius 3 is 2.59 bits per heavy atom. The number of hydrogen-bond acceptors (Lipinski definition) is 7. The molecule has 9 heteroatoms. The van der Waals surface area contributed by atoms with Crippen LogP contribution in [0.25, 0.3) is 16.1 Å². The highest BCUT2D eigenvalue weighted by Gasteiger charge is 2.24. The van der Waals surface area contributed by atoms with Gasteiger partial charge in [0.1, 0.15) is 21.9 Å². The summed E-state index contributed by atoms with van der Waals surface area (Å²) in [4.78, 5) is 13.0. The number of amides is 1. The highest BCUT2D eigenvalue weighted by molar-refractivity contribution is 7.16. The van der Waals surface area contributed by atoms with Gasteiger partial charge in [-0.3, -0.25) is 5.32 Å². The first-order valence-electron chi connectivity index (χ1n) is 8.97. The van der Waals surface area contributed by atoms with Gasteiger partial charge in [-0.25, -0.2) is 9.31 Å². The fourth-order valence-electron chi connectivity index (χ4n) is 2.85. The average molecular weight is 420 g/mol. The molecule has 3 rings (SSSR count). The first kappa shape index (κ1) is 20.9. The van der Waals surface area contributed by atoms with E-state index in [2.05, 4.69) is 10.4 Å². The molecule has 0 saturated heterocycles. The van der Waals surface area contributed by atoms with Crippen molar-refractivity contribution in [1.29, 1.82) is 0 Å². The lowest BCUT2D eigenvalue weighted by molar-refractivity contribution is 0.0635. The number of carbonyl (C=O) groups excluding carboxylic acids is 1. The van der Waals surface area contributed by atoms with Crippen LogP contribution in [0.2, 0.25) is 0 Å². The van der Waals surface area contributed by atoms with Crippen LogP contribution < -0.4 is 14.8 Å². The van der Waals surface area contributed by atoms with Gasteiger partial charge in [0, 0.05) is 18.1 Å². The second-order valence-corrected chi connectivity index (χ2v) is 8.17. The van der Waals surface area contributed by atoms with Gasteiger partial charge in [-0.15, -0.1) is 16.4 Å². The number of anilines is 1. The van der Waals surface area contributed by atoms with E-state index in [9.17, 15) is 4.79 Å². The molecule has 3 aromatic rings. The summed E-state index contributed by atoms with van der Waals surface area (Å²) in [5.74, 6) is 1.01. The Kier molecular flexibility index (Phi) is 5.99. The van der Waals surface area contributed by atoms with Crippen LogP contribution >= 0.6 is 11.3 Å². The lowest BCUT2D eigenvalue weighted by Gasteiger charge is -2.19. The highest BCUT2D eigenvalue weighted by atomic mass is 32.1. The average Bonchev–Trinajstić information content (AvgIpc) is 3.20. The third-order valence-corrected chi connectivity index (χ3v) is 4.93. The standard InChI is InChI=1S/C20H25N3O5S/c1-20(2,3)28-19(24)21-16-17(27-6)22-23-14(11-29-18(16)23)13-8-7-12(10-25-4)9-15(13)26-5/h7-9,11H,10H2,1-6H3,(H,21,24). The Bertz CT molecular complexity index is 1020. The summed E-state index contributed by atoms with van der Waals surface area (Å²) in [6.07, 6.45) is -0.567. The van der Waals surface area contributed by atoms with Crippen LogP contribution in [-0.4, -0.2) is 42.6 Å². The van der Waals surface area contributed by atoms with E-state index in [1.54, 1.807) is 39.5 Å². The molecule has 0 atom stereocenters.